The van der Waals surface area contributed by atoms with Crippen LogP contribution in [0.15, 0.2) is 57.5 Å². The molecule has 0 spiro atoms. The third-order valence-electron chi connectivity index (χ3n) is 3.69. The molecule has 0 fully saturated rings. The van der Waals surface area contributed by atoms with Gasteiger partial charge in [-0.1, -0.05) is 24.3 Å². The number of rotatable bonds is 9. The highest BCUT2D eigenvalue weighted by Gasteiger charge is 2.11. The van der Waals surface area contributed by atoms with Crippen LogP contribution in [0.3, 0.4) is 0 Å². The molecule has 0 unspecified atom stereocenters. The van der Waals surface area contributed by atoms with Crippen molar-refractivity contribution in [1.29, 1.82) is 0 Å². The first-order valence-electron chi connectivity index (χ1n) is 8.43. The van der Waals surface area contributed by atoms with Gasteiger partial charge in [0.2, 0.25) is 0 Å². The molecule has 0 aromatic heterocycles. The topological polar surface area (TPSA) is 52.6 Å². The molecule has 0 radical (unpaired) electrons. The zero-order valence-corrected chi connectivity index (χ0v) is 17.4. The van der Waals surface area contributed by atoms with E-state index in [9.17, 15) is 9.59 Å². The van der Waals surface area contributed by atoms with Crippen LogP contribution in [0.2, 0.25) is 0 Å². The van der Waals surface area contributed by atoms with E-state index < -0.39 is 0 Å². The molecule has 0 aliphatic carbocycles. The second-order valence-corrected chi connectivity index (χ2v) is 7.35. The van der Waals surface area contributed by atoms with E-state index in [1.54, 1.807) is 24.3 Å². The van der Waals surface area contributed by atoms with Crippen LogP contribution in [-0.4, -0.2) is 25.2 Å². The standard InChI is InChI=1S/C20H20Br2O4/c21-17-11-5-3-9-15(17)19(23)25-13-7-1-2-8-14-26-20(24)16-10-4-6-12-18(16)22/h3-6,9-12H,1-2,7-8,13-14H2. The minimum absolute atomic E-state index is 0.320. The van der Waals surface area contributed by atoms with Crippen molar-refractivity contribution in [3.8, 4) is 0 Å². The van der Waals surface area contributed by atoms with Crippen molar-refractivity contribution in [1.82, 2.24) is 0 Å². The molecular weight excluding hydrogens is 464 g/mol. The summed E-state index contributed by atoms with van der Waals surface area (Å²) in [7, 11) is 0. The normalized spacial score (nSPS) is 10.4. The Hall–Kier alpha value is -1.66. The highest BCUT2D eigenvalue weighted by Crippen LogP contribution is 2.18. The van der Waals surface area contributed by atoms with Gasteiger partial charge in [-0.25, -0.2) is 9.59 Å². The number of esters is 2. The second-order valence-electron chi connectivity index (χ2n) is 5.65. The third kappa shape index (κ3) is 6.57. The van der Waals surface area contributed by atoms with E-state index in [1.165, 1.54) is 0 Å². The van der Waals surface area contributed by atoms with E-state index in [0.717, 1.165) is 34.6 Å². The molecule has 0 bridgehead atoms. The van der Waals surface area contributed by atoms with Gasteiger partial charge in [0.05, 0.1) is 24.3 Å². The summed E-state index contributed by atoms with van der Waals surface area (Å²) in [6, 6.07) is 14.4. The molecule has 0 aliphatic heterocycles. The highest BCUT2D eigenvalue weighted by molar-refractivity contribution is 9.10. The van der Waals surface area contributed by atoms with Gasteiger partial charge >= 0.3 is 11.9 Å². The maximum Gasteiger partial charge on any atom is 0.339 e. The van der Waals surface area contributed by atoms with Gasteiger partial charge in [0, 0.05) is 8.95 Å². The molecule has 0 N–H and O–H groups in total. The number of benzene rings is 2. The van der Waals surface area contributed by atoms with Gasteiger partial charge in [-0.3, -0.25) is 0 Å². The number of carbonyl (C=O) groups excluding carboxylic acids is 2. The Morgan fingerprint density at radius 2 is 1.04 bits per heavy atom. The zero-order valence-electron chi connectivity index (χ0n) is 14.3. The number of carbonyl (C=O) groups is 2. The summed E-state index contributed by atoms with van der Waals surface area (Å²) >= 11 is 6.67. The summed E-state index contributed by atoms with van der Waals surface area (Å²) in [5.41, 5.74) is 1.07. The monoisotopic (exact) mass is 482 g/mol. The predicted molar refractivity (Wildman–Crippen MR) is 107 cm³/mol. The lowest BCUT2D eigenvalue weighted by Crippen LogP contribution is -2.08. The van der Waals surface area contributed by atoms with Crippen LogP contribution in [0.4, 0.5) is 0 Å². The van der Waals surface area contributed by atoms with Gasteiger partial charge in [0.25, 0.3) is 0 Å². The first-order valence-corrected chi connectivity index (χ1v) is 10.0. The van der Waals surface area contributed by atoms with Crippen molar-refractivity contribution in [2.45, 2.75) is 25.7 Å². The van der Waals surface area contributed by atoms with E-state index in [2.05, 4.69) is 31.9 Å². The fourth-order valence-electron chi connectivity index (χ4n) is 2.30. The minimum atomic E-state index is -0.320. The Morgan fingerprint density at radius 1 is 0.654 bits per heavy atom. The lowest BCUT2D eigenvalue weighted by Gasteiger charge is -2.07. The van der Waals surface area contributed by atoms with Crippen LogP contribution in [0, 0.1) is 0 Å². The van der Waals surface area contributed by atoms with Crippen molar-refractivity contribution >= 4 is 43.8 Å². The lowest BCUT2D eigenvalue weighted by molar-refractivity contribution is 0.0472. The van der Waals surface area contributed by atoms with Crippen LogP contribution in [0.25, 0.3) is 0 Å². The van der Waals surface area contributed by atoms with Gasteiger partial charge in [-0.15, -0.1) is 0 Å². The van der Waals surface area contributed by atoms with E-state index in [4.69, 9.17) is 9.47 Å². The Labute approximate surface area is 170 Å². The van der Waals surface area contributed by atoms with Crippen molar-refractivity contribution in [3.05, 3.63) is 68.6 Å². The molecule has 0 saturated carbocycles. The van der Waals surface area contributed by atoms with Crippen molar-refractivity contribution in [2.75, 3.05) is 13.2 Å². The van der Waals surface area contributed by atoms with Crippen LogP contribution >= 0.6 is 31.9 Å². The summed E-state index contributed by atoms with van der Waals surface area (Å²) in [4.78, 5) is 23.8. The molecule has 4 nitrogen and oxygen atoms in total. The summed E-state index contributed by atoms with van der Waals surface area (Å²) in [5.74, 6) is -0.639. The number of unbranched alkanes of at least 4 members (excludes halogenated alkanes) is 3. The largest absolute Gasteiger partial charge is 0.462 e. The Balaban J connectivity index is 1.55. The molecule has 2 aromatic carbocycles. The minimum Gasteiger partial charge on any atom is -0.462 e. The van der Waals surface area contributed by atoms with Crippen molar-refractivity contribution in [2.24, 2.45) is 0 Å². The predicted octanol–water partition coefficient (Wildman–Crippen LogP) is 5.79. The first kappa shape index (κ1) is 20.6. The van der Waals surface area contributed by atoms with Gasteiger partial charge < -0.3 is 9.47 Å². The number of ether oxygens (including phenoxy) is 2. The highest BCUT2D eigenvalue weighted by atomic mass is 79.9. The maximum absolute atomic E-state index is 11.9. The Bertz CT molecular complexity index is 683. The van der Waals surface area contributed by atoms with E-state index in [0.29, 0.717) is 24.3 Å². The fraction of sp³-hybridized carbons (Fsp3) is 0.300. The maximum atomic E-state index is 11.9. The number of hydrogen-bond acceptors (Lipinski definition) is 4. The summed E-state index contributed by atoms with van der Waals surface area (Å²) in [5, 5.41) is 0. The van der Waals surface area contributed by atoms with Gasteiger partial charge in [0.1, 0.15) is 0 Å². The SMILES string of the molecule is O=C(OCCCCCCOC(=O)c1ccccc1Br)c1ccccc1Br. The van der Waals surface area contributed by atoms with Crippen LogP contribution < -0.4 is 0 Å². The Morgan fingerprint density at radius 3 is 1.42 bits per heavy atom. The van der Waals surface area contributed by atoms with Crippen molar-refractivity contribution in [3.63, 3.8) is 0 Å². The van der Waals surface area contributed by atoms with Crippen molar-refractivity contribution < 1.29 is 19.1 Å². The summed E-state index contributed by atoms with van der Waals surface area (Å²) < 4.78 is 12.0. The lowest BCUT2D eigenvalue weighted by atomic mass is 10.2. The first-order chi connectivity index (χ1) is 12.6. The van der Waals surface area contributed by atoms with Gasteiger partial charge in [-0.2, -0.15) is 0 Å². The molecule has 2 rings (SSSR count). The molecule has 0 saturated heterocycles. The molecule has 0 heterocycles. The average molecular weight is 484 g/mol. The molecule has 0 amide bonds. The summed E-state index contributed by atoms with van der Waals surface area (Å²) in [6.07, 6.45) is 3.40. The Kier molecular flexibility index (Phi) is 8.85. The fourth-order valence-corrected chi connectivity index (χ4v) is 3.19. The van der Waals surface area contributed by atoms with E-state index in [-0.39, 0.29) is 11.9 Å². The third-order valence-corrected chi connectivity index (χ3v) is 5.08. The van der Waals surface area contributed by atoms with Gasteiger partial charge in [0.15, 0.2) is 0 Å². The average Bonchev–Trinajstić information content (AvgIpc) is 2.64. The molecule has 26 heavy (non-hydrogen) atoms. The zero-order chi connectivity index (χ0) is 18.8. The smallest absolute Gasteiger partial charge is 0.339 e. The van der Waals surface area contributed by atoms with E-state index >= 15 is 0 Å². The molecular formula is C20H20Br2O4. The number of halogens is 2. The number of hydrogen-bond donors (Lipinski definition) is 0. The molecule has 6 heteroatoms. The van der Waals surface area contributed by atoms with Gasteiger partial charge in [-0.05, 0) is 81.8 Å². The molecule has 2 aromatic rings. The molecule has 0 atom stereocenters. The quantitative estimate of drug-likeness (QED) is 0.334. The van der Waals surface area contributed by atoms with Crippen LogP contribution in [-0.2, 0) is 9.47 Å². The second kappa shape index (κ2) is 11.1. The molecule has 138 valence electrons. The summed E-state index contributed by atoms with van der Waals surface area (Å²) in [6.45, 7) is 0.772. The van der Waals surface area contributed by atoms with E-state index in [1.807, 2.05) is 24.3 Å². The van der Waals surface area contributed by atoms with Crippen LogP contribution in [0.1, 0.15) is 46.4 Å². The van der Waals surface area contributed by atoms with Crippen LogP contribution in [0.5, 0.6) is 0 Å². The molecule has 0 aliphatic rings.